The zero-order valence-electron chi connectivity index (χ0n) is 11.9. The Hall–Kier alpha value is -1.93. The van der Waals surface area contributed by atoms with E-state index in [0.29, 0.717) is 13.0 Å². The third-order valence-corrected chi connectivity index (χ3v) is 5.77. The minimum atomic E-state index is -3.45. The van der Waals surface area contributed by atoms with Crippen molar-refractivity contribution in [2.24, 2.45) is 0 Å². The SMILES string of the molecule is O=C1CNC(=O)N1C1CCN(S(=O)(=O)Cc2ccccc2)C1. The fraction of sp³-hybridized carbons (Fsp3) is 0.429. The number of hydrogen-bond donors (Lipinski definition) is 1. The number of urea groups is 1. The zero-order valence-corrected chi connectivity index (χ0v) is 12.8. The Kier molecular flexibility index (Phi) is 3.88. The van der Waals surface area contributed by atoms with E-state index in [-0.39, 0.29) is 30.8 Å². The summed E-state index contributed by atoms with van der Waals surface area (Å²) in [5.74, 6) is -0.363. The summed E-state index contributed by atoms with van der Waals surface area (Å²) in [5.41, 5.74) is 0.723. The third kappa shape index (κ3) is 2.84. The van der Waals surface area contributed by atoms with Crippen molar-refractivity contribution >= 4 is 22.0 Å². The number of rotatable bonds is 4. The third-order valence-electron chi connectivity index (χ3n) is 3.95. The molecule has 2 fully saturated rings. The van der Waals surface area contributed by atoms with E-state index in [9.17, 15) is 18.0 Å². The van der Waals surface area contributed by atoms with Gasteiger partial charge in [-0.2, -0.15) is 4.31 Å². The topological polar surface area (TPSA) is 86.8 Å². The second-order valence-corrected chi connectivity index (χ2v) is 7.43. The Morgan fingerprint density at radius 3 is 2.55 bits per heavy atom. The minimum absolute atomic E-state index is 0.00784. The maximum absolute atomic E-state index is 12.4. The van der Waals surface area contributed by atoms with Gasteiger partial charge < -0.3 is 5.32 Å². The van der Waals surface area contributed by atoms with Crippen molar-refractivity contribution in [3.05, 3.63) is 35.9 Å². The van der Waals surface area contributed by atoms with Gasteiger partial charge in [0.25, 0.3) is 0 Å². The van der Waals surface area contributed by atoms with Gasteiger partial charge in [0.2, 0.25) is 15.9 Å². The molecule has 1 unspecified atom stereocenters. The lowest BCUT2D eigenvalue weighted by molar-refractivity contribution is -0.126. The molecule has 1 N–H and O–H groups in total. The normalized spacial score (nSPS) is 23.1. The molecule has 2 heterocycles. The molecule has 0 spiro atoms. The van der Waals surface area contributed by atoms with Crippen LogP contribution in [0.15, 0.2) is 30.3 Å². The minimum Gasteiger partial charge on any atom is -0.329 e. The molecule has 2 aliphatic rings. The lowest BCUT2D eigenvalue weighted by atomic mass is 10.2. The van der Waals surface area contributed by atoms with Crippen LogP contribution in [0.4, 0.5) is 4.79 Å². The van der Waals surface area contributed by atoms with Crippen LogP contribution in [0.25, 0.3) is 0 Å². The molecule has 0 radical (unpaired) electrons. The van der Waals surface area contributed by atoms with Crippen molar-refractivity contribution in [3.8, 4) is 0 Å². The molecule has 0 aliphatic carbocycles. The Bertz CT molecular complexity index is 673. The molecule has 22 heavy (non-hydrogen) atoms. The molecule has 0 saturated carbocycles. The van der Waals surface area contributed by atoms with Crippen molar-refractivity contribution in [1.29, 1.82) is 0 Å². The van der Waals surface area contributed by atoms with Crippen LogP contribution in [0.5, 0.6) is 0 Å². The first-order chi connectivity index (χ1) is 10.5. The van der Waals surface area contributed by atoms with Crippen molar-refractivity contribution in [2.75, 3.05) is 19.6 Å². The number of amides is 3. The van der Waals surface area contributed by atoms with Gasteiger partial charge in [-0.15, -0.1) is 0 Å². The summed E-state index contributed by atoms with van der Waals surface area (Å²) < 4.78 is 26.3. The monoisotopic (exact) mass is 323 g/mol. The summed E-state index contributed by atoms with van der Waals surface area (Å²) in [6, 6.07) is 8.15. The van der Waals surface area contributed by atoms with Crippen molar-refractivity contribution in [1.82, 2.24) is 14.5 Å². The highest BCUT2D eigenvalue weighted by molar-refractivity contribution is 7.88. The quantitative estimate of drug-likeness (QED) is 0.799. The van der Waals surface area contributed by atoms with Gasteiger partial charge in [-0.05, 0) is 12.0 Å². The molecule has 118 valence electrons. The van der Waals surface area contributed by atoms with Crippen LogP contribution < -0.4 is 5.32 Å². The smallest absolute Gasteiger partial charge is 0.324 e. The summed E-state index contributed by atoms with van der Waals surface area (Å²) in [6.45, 7) is 0.497. The molecule has 3 amide bonds. The number of benzene rings is 1. The first-order valence-corrected chi connectivity index (χ1v) is 8.70. The second-order valence-electron chi connectivity index (χ2n) is 5.46. The molecule has 3 rings (SSSR count). The molecule has 1 aromatic rings. The zero-order chi connectivity index (χ0) is 15.7. The second kappa shape index (κ2) is 5.69. The van der Waals surface area contributed by atoms with Crippen molar-refractivity contribution < 1.29 is 18.0 Å². The van der Waals surface area contributed by atoms with E-state index in [1.807, 2.05) is 6.07 Å². The van der Waals surface area contributed by atoms with Gasteiger partial charge in [-0.3, -0.25) is 9.69 Å². The predicted molar refractivity (Wildman–Crippen MR) is 79.3 cm³/mol. The molecule has 2 aliphatic heterocycles. The largest absolute Gasteiger partial charge is 0.329 e. The van der Waals surface area contributed by atoms with E-state index in [2.05, 4.69) is 5.32 Å². The van der Waals surface area contributed by atoms with Crippen LogP contribution in [0.3, 0.4) is 0 Å². The van der Waals surface area contributed by atoms with E-state index in [4.69, 9.17) is 0 Å². The van der Waals surface area contributed by atoms with Crippen molar-refractivity contribution in [3.63, 3.8) is 0 Å². The van der Waals surface area contributed by atoms with E-state index in [1.165, 1.54) is 4.31 Å². The maximum atomic E-state index is 12.4. The van der Waals surface area contributed by atoms with Gasteiger partial charge in [0, 0.05) is 13.1 Å². The lowest BCUT2D eigenvalue weighted by Gasteiger charge is -2.21. The van der Waals surface area contributed by atoms with Gasteiger partial charge in [0.1, 0.15) is 0 Å². The van der Waals surface area contributed by atoms with E-state index < -0.39 is 16.1 Å². The summed E-state index contributed by atoms with van der Waals surface area (Å²) in [5, 5.41) is 2.46. The summed E-state index contributed by atoms with van der Waals surface area (Å²) in [6.07, 6.45) is 0.479. The molecule has 1 atom stereocenters. The number of carbonyl (C=O) groups is 2. The Morgan fingerprint density at radius 1 is 1.18 bits per heavy atom. The van der Waals surface area contributed by atoms with Crippen LogP contribution in [0.1, 0.15) is 12.0 Å². The molecular formula is C14H17N3O4S. The Morgan fingerprint density at radius 2 is 1.91 bits per heavy atom. The van der Waals surface area contributed by atoms with Gasteiger partial charge in [-0.25, -0.2) is 13.2 Å². The van der Waals surface area contributed by atoms with Gasteiger partial charge >= 0.3 is 6.03 Å². The van der Waals surface area contributed by atoms with E-state index in [0.717, 1.165) is 10.5 Å². The van der Waals surface area contributed by atoms with Gasteiger partial charge in [0.05, 0.1) is 18.3 Å². The number of nitrogens with zero attached hydrogens (tertiary/aromatic N) is 2. The number of nitrogens with one attached hydrogen (secondary N) is 1. The Labute approximate surface area is 128 Å². The average Bonchev–Trinajstić information content (AvgIpc) is 3.07. The number of carbonyl (C=O) groups excluding carboxylic acids is 2. The molecule has 7 nitrogen and oxygen atoms in total. The highest BCUT2D eigenvalue weighted by Crippen LogP contribution is 2.22. The maximum Gasteiger partial charge on any atom is 0.324 e. The molecule has 8 heteroatoms. The first-order valence-electron chi connectivity index (χ1n) is 7.09. The van der Waals surface area contributed by atoms with Crippen molar-refractivity contribution in [2.45, 2.75) is 18.2 Å². The average molecular weight is 323 g/mol. The van der Waals surface area contributed by atoms with Crippen LogP contribution in [0.2, 0.25) is 0 Å². The highest BCUT2D eigenvalue weighted by Gasteiger charge is 2.41. The molecule has 1 aromatic carbocycles. The molecular weight excluding hydrogens is 306 g/mol. The molecule has 0 aromatic heterocycles. The fourth-order valence-corrected chi connectivity index (χ4v) is 4.43. The van der Waals surface area contributed by atoms with Crippen LogP contribution in [-0.2, 0) is 20.6 Å². The molecule has 0 bridgehead atoms. The summed E-state index contributed by atoms with van der Waals surface area (Å²) in [4.78, 5) is 24.5. The number of sulfonamides is 1. The first kappa shape index (κ1) is 15.0. The van der Waals surface area contributed by atoms with E-state index >= 15 is 0 Å². The van der Waals surface area contributed by atoms with Crippen LogP contribution in [-0.4, -0.2) is 55.2 Å². The number of imide groups is 1. The lowest BCUT2D eigenvalue weighted by Crippen LogP contribution is -2.43. The predicted octanol–water partition coefficient (Wildman–Crippen LogP) is 0.143. The van der Waals surface area contributed by atoms with Gasteiger partial charge in [0.15, 0.2) is 0 Å². The van der Waals surface area contributed by atoms with E-state index in [1.54, 1.807) is 24.3 Å². The summed E-state index contributed by atoms with van der Waals surface area (Å²) in [7, 11) is -3.45. The van der Waals surface area contributed by atoms with Crippen LogP contribution in [0, 0.1) is 0 Å². The fourth-order valence-electron chi connectivity index (χ4n) is 2.85. The molecule has 2 saturated heterocycles. The Balaban J connectivity index is 1.69. The number of hydrogen-bond acceptors (Lipinski definition) is 4. The summed E-state index contributed by atoms with van der Waals surface area (Å²) >= 11 is 0. The van der Waals surface area contributed by atoms with Crippen LogP contribution >= 0.6 is 0 Å². The standard InChI is InChI=1S/C14H17N3O4S/c18-13-8-15-14(19)17(13)12-6-7-16(9-12)22(20,21)10-11-4-2-1-3-5-11/h1-5,12H,6-10H2,(H,15,19). The van der Waals surface area contributed by atoms with Gasteiger partial charge in [-0.1, -0.05) is 30.3 Å². The highest BCUT2D eigenvalue weighted by atomic mass is 32.2.